The van der Waals surface area contributed by atoms with Crippen molar-refractivity contribution in [2.24, 2.45) is 0 Å². The van der Waals surface area contributed by atoms with E-state index < -0.39 is 10.0 Å². The molecule has 1 unspecified atom stereocenters. The molecule has 0 amide bonds. The predicted octanol–water partition coefficient (Wildman–Crippen LogP) is 5.05. The van der Waals surface area contributed by atoms with Crippen molar-refractivity contribution < 1.29 is 17.9 Å². The summed E-state index contributed by atoms with van der Waals surface area (Å²) in [5, 5.41) is 0. The zero-order valence-electron chi connectivity index (χ0n) is 17.9. The summed E-state index contributed by atoms with van der Waals surface area (Å²) in [7, 11) is -2.00. The van der Waals surface area contributed by atoms with Gasteiger partial charge in [-0.3, -0.25) is 0 Å². The van der Waals surface area contributed by atoms with Crippen LogP contribution in [-0.2, 0) is 10.0 Å². The SMILES string of the molecule is CCOc1ccc(C2CCCN2S(=O)(=O)c2cc(C(C)C)c(OC)cc2C)cc1. The van der Waals surface area contributed by atoms with Crippen LogP contribution in [0, 0.1) is 6.92 Å². The van der Waals surface area contributed by atoms with E-state index in [0.717, 1.165) is 35.5 Å². The van der Waals surface area contributed by atoms with Crippen LogP contribution in [0.2, 0.25) is 0 Å². The molecule has 5 nitrogen and oxygen atoms in total. The molecule has 0 N–H and O–H groups in total. The van der Waals surface area contributed by atoms with Gasteiger partial charge in [-0.05, 0) is 73.6 Å². The summed E-state index contributed by atoms with van der Waals surface area (Å²) in [5.74, 6) is 1.71. The number of rotatable bonds is 7. The molecule has 29 heavy (non-hydrogen) atoms. The van der Waals surface area contributed by atoms with Crippen LogP contribution in [-0.4, -0.2) is 33.0 Å². The van der Waals surface area contributed by atoms with Crippen molar-refractivity contribution >= 4 is 10.0 Å². The molecule has 2 aromatic carbocycles. The van der Waals surface area contributed by atoms with Gasteiger partial charge in [0.15, 0.2) is 0 Å². The van der Waals surface area contributed by atoms with Crippen molar-refractivity contribution in [3.63, 3.8) is 0 Å². The van der Waals surface area contributed by atoms with Crippen molar-refractivity contribution in [3.05, 3.63) is 53.1 Å². The quantitative estimate of drug-likeness (QED) is 0.632. The van der Waals surface area contributed by atoms with Crippen molar-refractivity contribution in [1.82, 2.24) is 4.31 Å². The van der Waals surface area contributed by atoms with E-state index in [-0.39, 0.29) is 12.0 Å². The Morgan fingerprint density at radius 3 is 2.45 bits per heavy atom. The fraction of sp³-hybridized carbons (Fsp3) is 0.478. The molecular formula is C23H31NO4S. The van der Waals surface area contributed by atoms with Crippen molar-refractivity contribution in [1.29, 1.82) is 0 Å². The number of benzene rings is 2. The third kappa shape index (κ3) is 4.28. The lowest BCUT2D eigenvalue weighted by Gasteiger charge is -2.26. The summed E-state index contributed by atoms with van der Waals surface area (Å²) in [6.45, 7) is 9.01. The second-order valence-corrected chi connectivity index (χ2v) is 9.65. The number of methoxy groups -OCH3 is 1. The first-order valence-corrected chi connectivity index (χ1v) is 11.7. The minimum atomic E-state index is -3.62. The van der Waals surface area contributed by atoms with Crippen LogP contribution in [0.1, 0.15) is 62.3 Å². The summed E-state index contributed by atoms with van der Waals surface area (Å²) in [6.07, 6.45) is 1.67. The van der Waals surface area contributed by atoms with Crippen molar-refractivity contribution in [2.45, 2.75) is 57.4 Å². The maximum Gasteiger partial charge on any atom is 0.243 e. The highest BCUT2D eigenvalue weighted by Crippen LogP contribution is 2.39. The third-order valence-corrected chi connectivity index (χ3v) is 7.57. The van der Waals surface area contributed by atoms with Crippen LogP contribution in [0.4, 0.5) is 0 Å². The Morgan fingerprint density at radius 1 is 1.17 bits per heavy atom. The maximum absolute atomic E-state index is 13.6. The summed E-state index contributed by atoms with van der Waals surface area (Å²) >= 11 is 0. The molecule has 1 aliphatic rings. The van der Waals surface area contributed by atoms with E-state index in [0.29, 0.717) is 23.6 Å². The van der Waals surface area contributed by atoms with Gasteiger partial charge >= 0.3 is 0 Å². The highest BCUT2D eigenvalue weighted by atomic mass is 32.2. The third-order valence-electron chi connectivity index (χ3n) is 5.52. The van der Waals surface area contributed by atoms with Gasteiger partial charge in [0.05, 0.1) is 24.7 Å². The average molecular weight is 418 g/mol. The molecule has 0 bridgehead atoms. The lowest BCUT2D eigenvalue weighted by atomic mass is 10.0. The monoisotopic (exact) mass is 417 g/mol. The van der Waals surface area contributed by atoms with E-state index in [4.69, 9.17) is 9.47 Å². The summed E-state index contributed by atoms with van der Waals surface area (Å²) < 4.78 is 39.9. The van der Waals surface area contributed by atoms with Gasteiger partial charge in [0.25, 0.3) is 0 Å². The molecule has 1 heterocycles. The average Bonchev–Trinajstić information content (AvgIpc) is 3.19. The van der Waals surface area contributed by atoms with Gasteiger partial charge in [-0.2, -0.15) is 4.31 Å². The number of sulfonamides is 1. The van der Waals surface area contributed by atoms with Gasteiger partial charge in [0.1, 0.15) is 11.5 Å². The van der Waals surface area contributed by atoms with Crippen molar-refractivity contribution in [2.75, 3.05) is 20.3 Å². The van der Waals surface area contributed by atoms with Crippen LogP contribution in [0.3, 0.4) is 0 Å². The first-order chi connectivity index (χ1) is 13.8. The maximum atomic E-state index is 13.6. The van der Waals surface area contributed by atoms with Gasteiger partial charge in [-0.1, -0.05) is 26.0 Å². The Morgan fingerprint density at radius 2 is 1.86 bits per heavy atom. The molecule has 0 aromatic heterocycles. The summed E-state index contributed by atoms with van der Waals surface area (Å²) in [6, 6.07) is 11.3. The molecule has 0 saturated carbocycles. The van der Waals surface area contributed by atoms with E-state index in [2.05, 4.69) is 0 Å². The topological polar surface area (TPSA) is 55.8 Å². The number of nitrogens with zero attached hydrogens (tertiary/aromatic N) is 1. The molecule has 3 rings (SSSR count). The van der Waals surface area contributed by atoms with E-state index in [9.17, 15) is 8.42 Å². The number of hydrogen-bond acceptors (Lipinski definition) is 4. The molecule has 6 heteroatoms. The lowest BCUT2D eigenvalue weighted by Crippen LogP contribution is -2.31. The molecule has 158 valence electrons. The van der Waals surface area contributed by atoms with Crippen LogP contribution in [0.15, 0.2) is 41.3 Å². The zero-order chi connectivity index (χ0) is 21.2. The first kappa shape index (κ1) is 21.7. The molecule has 2 aromatic rings. The minimum Gasteiger partial charge on any atom is -0.496 e. The molecular weight excluding hydrogens is 386 g/mol. The Hall–Kier alpha value is -2.05. The van der Waals surface area contributed by atoms with Crippen LogP contribution >= 0.6 is 0 Å². The second-order valence-electron chi connectivity index (χ2n) is 7.79. The van der Waals surface area contributed by atoms with Gasteiger partial charge in [0, 0.05) is 6.54 Å². The van der Waals surface area contributed by atoms with E-state index >= 15 is 0 Å². The summed E-state index contributed by atoms with van der Waals surface area (Å²) in [5.41, 5.74) is 2.63. The predicted molar refractivity (Wildman–Crippen MR) is 115 cm³/mol. The number of hydrogen-bond donors (Lipinski definition) is 0. The molecule has 1 fully saturated rings. The van der Waals surface area contributed by atoms with Gasteiger partial charge in [-0.15, -0.1) is 0 Å². The number of aryl methyl sites for hydroxylation is 1. The van der Waals surface area contributed by atoms with Crippen LogP contribution < -0.4 is 9.47 Å². The van der Waals surface area contributed by atoms with Crippen molar-refractivity contribution in [3.8, 4) is 11.5 Å². The Labute approximate surface area is 174 Å². The van der Waals surface area contributed by atoms with E-state index in [1.54, 1.807) is 17.5 Å². The van der Waals surface area contributed by atoms with E-state index in [1.807, 2.05) is 58.0 Å². The molecule has 0 spiro atoms. The molecule has 0 aliphatic carbocycles. The molecule has 0 radical (unpaired) electrons. The van der Waals surface area contributed by atoms with Crippen LogP contribution in [0.5, 0.6) is 11.5 Å². The number of ether oxygens (including phenoxy) is 2. The van der Waals surface area contributed by atoms with Gasteiger partial charge in [-0.25, -0.2) is 8.42 Å². The van der Waals surface area contributed by atoms with E-state index in [1.165, 1.54) is 0 Å². The Balaban J connectivity index is 1.99. The summed E-state index contributed by atoms with van der Waals surface area (Å²) in [4.78, 5) is 0.375. The second kappa shape index (κ2) is 8.76. The molecule has 1 saturated heterocycles. The first-order valence-electron chi connectivity index (χ1n) is 10.2. The largest absolute Gasteiger partial charge is 0.496 e. The normalized spacial score (nSPS) is 17.7. The Kier molecular flexibility index (Phi) is 6.54. The highest BCUT2D eigenvalue weighted by Gasteiger charge is 2.37. The van der Waals surface area contributed by atoms with Crippen LogP contribution in [0.25, 0.3) is 0 Å². The molecule has 1 atom stereocenters. The lowest BCUT2D eigenvalue weighted by molar-refractivity contribution is 0.339. The smallest absolute Gasteiger partial charge is 0.243 e. The minimum absolute atomic E-state index is 0.153. The molecule has 1 aliphatic heterocycles. The van der Waals surface area contributed by atoms with Gasteiger partial charge in [0.2, 0.25) is 10.0 Å². The fourth-order valence-corrected chi connectivity index (χ4v) is 5.95. The standard InChI is InChI=1S/C23H31NO4S/c1-6-28-19-11-9-18(10-12-19)21-8-7-13-24(21)29(25,26)23-15-20(16(2)3)22(27-5)14-17(23)4/h9-12,14-16,21H,6-8,13H2,1-5H3. The highest BCUT2D eigenvalue weighted by molar-refractivity contribution is 7.89. The van der Waals surface area contributed by atoms with Gasteiger partial charge < -0.3 is 9.47 Å². The Bertz CT molecular complexity index is 952. The fourth-order valence-electron chi connectivity index (χ4n) is 4.02. The zero-order valence-corrected chi connectivity index (χ0v) is 18.8.